The second-order valence-corrected chi connectivity index (χ2v) is 4.34. The van der Waals surface area contributed by atoms with E-state index in [9.17, 15) is 5.11 Å². The van der Waals surface area contributed by atoms with E-state index in [1.807, 2.05) is 60.8 Å². The van der Waals surface area contributed by atoms with Gasteiger partial charge >= 0.3 is 29.6 Å². The second-order valence-electron chi connectivity index (χ2n) is 4.34. The molecule has 0 aliphatic heterocycles. The van der Waals surface area contributed by atoms with Crippen LogP contribution in [0.3, 0.4) is 0 Å². The molecule has 0 atom stereocenters. The van der Waals surface area contributed by atoms with Gasteiger partial charge in [-0.15, -0.1) is 0 Å². The van der Waals surface area contributed by atoms with Crippen LogP contribution in [-0.4, -0.2) is 10.1 Å². The summed E-state index contributed by atoms with van der Waals surface area (Å²) >= 11 is 0. The molecule has 3 rings (SSSR count). The number of hydrogen-bond donors (Lipinski definition) is 1. The number of pyridine rings is 1. The Labute approximate surface area is 141 Å². The largest absolute Gasteiger partial charge is 1.00 e. The zero-order valence-corrected chi connectivity index (χ0v) is 13.3. The second kappa shape index (κ2) is 6.71. The first-order valence-electron chi connectivity index (χ1n) is 6.13. The van der Waals surface area contributed by atoms with Crippen molar-refractivity contribution in [2.24, 2.45) is 0 Å². The molecule has 2 nitrogen and oxygen atoms in total. The zero-order valence-electron chi connectivity index (χ0n) is 12.3. The molecule has 1 aromatic heterocycles. The Hall–Kier alpha value is -1.61. The maximum atomic E-state index is 9.84. The molecule has 0 amide bonds. The molecular formula is C17H14NNaO. The molecule has 1 heterocycles. The van der Waals surface area contributed by atoms with Gasteiger partial charge in [0, 0.05) is 18.0 Å². The Balaban J connectivity index is 0.00000110. The molecule has 0 unspecified atom stereocenters. The first-order chi connectivity index (χ1) is 9.34. The van der Waals surface area contributed by atoms with Gasteiger partial charge in [-0.2, -0.15) is 0 Å². The quantitative estimate of drug-likeness (QED) is 0.711. The van der Waals surface area contributed by atoms with Gasteiger partial charge < -0.3 is 6.53 Å². The molecule has 20 heavy (non-hydrogen) atoms. The van der Waals surface area contributed by atoms with Crippen LogP contribution in [0.4, 0.5) is 0 Å². The Morgan fingerprint density at radius 2 is 1.45 bits per heavy atom. The summed E-state index contributed by atoms with van der Waals surface area (Å²) < 4.78 is 0. The van der Waals surface area contributed by atoms with Gasteiger partial charge in [0.1, 0.15) is 5.75 Å². The third-order valence-electron chi connectivity index (χ3n) is 3.09. The van der Waals surface area contributed by atoms with Crippen molar-refractivity contribution >= 4 is 0 Å². The van der Waals surface area contributed by atoms with E-state index in [0.29, 0.717) is 5.75 Å². The van der Waals surface area contributed by atoms with Gasteiger partial charge in [0.2, 0.25) is 0 Å². The van der Waals surface area contributed by atoms with E-state index in [1.165, 1.54) is 0 Å². The normalized spacial score (nSPS) is 9.80. The third-order valence-corrected chi connectivity index (χ3v) is 3.09. The zero-order chi connectivity index (χ0) is 13.1. The summed E-state index contributed by atoms with van der Waals surface area (Å²) in [5.74, 6) is 0.302. The molecule has 0 saturated carbocycles. The Bertz CT molecular complexity index is 687. The Kier molecular flexibility index (Phi) is 4.96. The van der Waals surface area contributed by atoms with E-state index in [4.69, 9.17) is 0 Å². The van der Waals surface area contributed by atoms with Crippen LogP contribution in [0, 0.1) is 0 Å². The molecular weight excluding hydrogens is 257 g/mol. The van der Waals surface area contributed by atoms with Crippen LogP contribution in [0.2, 0.25) is 0 Å². The standard InChI is InChI=1S/C17H13NO.Na.H/c19-17-6-2-1-5-16(17)14-9-7-13(8-10-14)15-4-3-11-18-12-15;;/h1-12,19H;;/q;+1;-1. The van der Waals surface area contributed by atoms with Gasteiger partial charge in [-0.05, 0) is 28.8 Å². The number of benzene rings is 2. The van der Waals surface area contributed by atoms with E-state index in [0.717, 1.165) is 22.3 Å². The summed E-state index contributed by atoms with van der Waals surface area (Å²) in [6.45, 7) is 0. The van der Waals surface area contributed by atoms with Gasteiger partial charge in [-0.25, -0.2) is 0 Å². The molecule has 0 bridgehead atoms. The van der Waals surface area contributed by atoms with Crippen LogP contribution >= 0.6 is 0 Å². The smallest absolute Gasteiger partial charge is 1.00 e. The summed E-state index contributed by atoms with van der Waals surface area (Å²) in [5, 5.41) is 9.84. The summed E-state index contributed by atoms with van der Waals surface area (Å²) in [4.78, 5) is 4.12. The van der Waals surface area contributed by atoms with Crippen LogP contribution in [0.1, 0.15) is 1.43 Å². The van der Waals surface area contributed by atoms with E-state index in [2.05, 4.69) is 4.98 Å². The first-order valence-corrected chi connectivity index (χ1v) is 6.13. The minimum Gasteiger partial charge on any atom is -1.00 e. The third kappa shape index (κ3) is 3.10. The summed E-state index contributed by atoms with van der Waals surface area (Å²) in [6.07, 6.45) is 3.61. The Morgan fingerprint density at radius 3 is 2.10 bits per heavy atom. The summed E-state index contributed by atoms with van der Waals surface area (Å²) in [5.41, 5.74) is 4.06. The van der Waals surface area contributed by atoms with Crippen LogP contribution in [-0.2, 0) is 0 Å². The maximum Gasteiger partial charge on any atom is 1.00 e. The van der Waals surface area contributed by atoms with E-state index < -0.39 is 0 Å². The van der Waals surface area contributed by atoms with Gasteiger partial charge in [0.05, 0.1) is 0 Å². The number of nitrogens with zero attached hydrogens (tertiary/aromatic N) is 1. The minimum absolute atomic E-state index is 0. The number of aromatic nitrogens is 1. The average molecular weight is 271 g/mol. The van der Waals surface area contributed by atoms with Crippen LogP contribution in [0.15, 0.2) is 73.1 Å². The molecule has 0 saturated heterocycles. The van der Waals surface area contributed by atoms with Crippen molar-refractivity contribution in [1.29, 1.82) is 0 Å². The molecule has 2 aromatic carbocycles. The maximum absolute atomic E-state index is 9.84. The van der Waals surface area contributed by atoms with Crippen molar-refractivity contribution in [3.05, 3.63) is 73.1 Å². The van der Waals surface area contributed by atoms with E-state index in [-0.39, 0.29) is 31.0 Å². The molecule has 0 radical (unpaired) electrons. The minimum atomic E-state index is 0. The molecule has 3 heteroatoms. The fraction of sp³-hybridized carbons (Fsp3) is 0. The summed E-state index contributed by atoms with van der Waals surface area (Å²) in [6, 6.07) is 19.4. The van der Waals surface area contributed by atoms with Crippen molar-refractivity contribution in [3.8, 4) is 28.0 Å². The summed E-state index contributed by atoms with van der Waals surface area (Å²) in [7, 11) is 0. The average Bonchev–Trinajstić information content (AvgIpc) is 2.49. The van der Waals surface area contributed by atoms with Crippen molar-refractivity contribution in [2.75, 3.05) is 0 Å². The number of phenols is 1. The fourth-order valence-corrected chi connectivity index (χ4v) is 2.09. The monoisotopic (exact) mass is 271 g/mol. The van der Waals surface area contributed by atoms with Crippen molar-refractivity contribution in [3.63, 3.8) is 0 Å². The first kappa shape index (κ1) is 14.8. The van der Waals surface area contributed by atoms with E-state index >= 15 is 0 Å². The SMILES string of the molecule is Oc1ccccc1-c1ccc(-c2cccnc2)cc1.[H-].[Na+]. The van der Waals surface area contributed by atoms with E-state index in [1.54, 1.807) is 12.3 Å². The van der Waals surface area contributed by atoms with Gasteiger partial charge in [0.25, 0.3) is 0 Å². The van der Waals surface area contributed by atoms with Gasteiger partial charge in [0.15, 0.2) is 0 Å². The Morgan fingerprint density at radius 1 is 0.750 bits per heavy atom. The number of hydrogen-bond acceptors (Lipinski definition) is 2. The van der Waals surface area contributed by atoms with Crippen molar-refractivity contribution in [1.82, 2.24) is 4.98 Å². The molecule has 1 N–H and O–H groups in total. The topological polar surface area (TPSA) is 33.1 Å². The van der Waals surface area contributed by atoms with Gasteiger partial charge in [-0.1, -0.05) is 48.5 Å². The molecule has 0 spiro atoms. The molecule has 94 valence electrons. The van der Waals surface area contributed by atoms with Crippen molar-refractivity contribution < 1.29 is 36.1 Å². The predicted octanol–water partition coefficient (Wildman–Crippen LogP) is 1.24. The number of para-hydroxylation sites is 1. The molecule has 3 aromatic rings. The molecule has 0 fully saturated rings. The van der Waals surface area contributed by atoms with Crippen LogP contribution in [0.25, 0.3) is 22.3 Å². The van der Waals surface area contributed by atoms with Gasteiger partial charge in [-0.3, -0.25) is 4.98 Å². The van der Waals surface area contributed by atoms with Crippen molar-refractivity contribution in [2.45, 2.75) is 0 Å². The fourth-order valence-electron chi connectivity index (χ4n) is 2.09. The number of phenolic OH excluding ortho intramolecular Hbond substituents is 1. The number of aromatic hydroxyl groups is 1. The predicted molar refractivity (Wildman–Crippen MR) is 77.9 cm³/mol. The molecule has 0 aliphatic rings. The van der Waals surface area contributed by atoms with Crippen LogP contribution < -0.4 is 29.6 Å². The number of rotatable bonds is 2. The van der Waals surface area contributed by atoms with Crippen LogP contribution in [0.5, 0.6) is 5.75 Å². The molecule has 0 aliphatic carbocycles.